The van der Waals surface area contributed by atoms with Gasteiger partial charge in [-0.25, -0.2) is 4.79 Å². The molecule has 0 aromatic heterocycles. The van der Waals surface area contributed by atoms with Crippen LogP contribution in [0.25, 0.3) is 0 Å². The molecule has 0 saturated carbocycles. The molecule has 3 amide bonds. The first-order chi connectivity index (χ1) is 15.9. The fourth-order valence-corrected chi connectivity index (χ4v) is 4.66. The van der Waals surface area contributed by atoms with Crippen LogP contribution in [-0.4, -0.2) is 59.1 Å². The highest BCUT2D eigenvalue weighted by molar-refractivity contribution is 5.92. The molecule has 1 fully saturated rings. The Kier molecular flexibility index (Phi) is 6.82. The third-order valence-electron chi connectivity index (χ3n) is 6.47. The molecule has 2 aromatic rings. The van der Waals surface area contributed by atoms with Crippen molar-refractivity contribution < 1.29 is 24.2 Å². The lowest BCUT2D eigenvalue weighted by molar-refractivity contribution is -0.149. The predicted molar refractivity (Wildman–Crippen MR) is 123 cm³/mol. The molecule has 1 atom stereocenters. The molecule has 1 saturated heterocycles. The van der Waals surface area contributed by atoms with Crippen molar-refractivity contribution >= 4 is 23.6 Å². The van der Waals surface area contributed by atoms with Crippen molar-refractivity contribution in [1.29, 1.82) is 0 Å². The van der Waals surface area contributed by atoms with E-state index in [4.69, 9.17) is 4.74 Å². The minimum Gasteiger partial charge on any atom is -0.508 e. The van der Waals surface area contributed by atoms with Gasteiger partial charge in [-0.05, 0) is 48.6 Å². The van der Waals surface area contributed by atoms with Crippen molar-refractivity contribution in [3.05, 3.63) is 59.7 Å². The number of urea groups is 1. The summed E-state index contributed by atoms with van der Waals surface area (Å²) in [6, 6.07) is 14.4. The number of ether oxygens (including phenoxy) is 1. The largest absolute Gasteiger partial charge is 0.508 e. The van der Waals surface area contributed by atoms with Crippen molar-refractivity contribution in [3.63, 3.8) is 0 Å². The SMILES string of the molecule is COC(=O)C(CC(=O)N1CCC(N2Cc3ccccc3NC2=O)CC1)Cc1cccc(O)c1. The van der Waals surface area contributed by atoms with Crippen LogP contribution < -0.4 is 5.32 Å². The first-order valence-electron chi connectivity index (χ1n) is 11.2. The lowest BCUT2D eigenvalue weighted by Crippen LogP contribution is -2.51. The summed E-state index contributed by atoms with van der Waals surface area (Å²) in [4.78, 5) is 41.5. The molecule has 0 bridgehead atoms. The number of benzene rings is 2. The number of amides is 3. The van der Waals surface area contributed by atoms with Crippen molar-refractivity contribution in [2.24, 2.45) is 5.92 Å². The summed E-state index contributed by atoms with van der Waals surface area (Å²) >= 11 is 0. The third kappa shape index (κ3) is 5.27. The molecule has 33 heavy (non-hydrogen) atoms. The average molecular weight is 452 g/mol. The molecule has 8 heteroatoms. The van der Waals surface area contributed by atoms with Crippen LogP contribution in [0.1, 0.15) is 30.4 Å². The molecule has 0 spiro atoms. The fraction of sp³-hybridized carbons (Fsp3) is 0.400. The van der Waals surface area contributed by atoms with Crippen molar-refractivity contribution in [2.45, 2.75) is 38.3 Å². The van der Waals surface area contributed by atoms with E-state index in [-0.39, 0.29) is 30.2 Å². The number of phenols is 1. The highest BCUT2D eigenvalue weighted by atomic mass is 16.5. The molecule has 2 aromatic carbocycles. The Morgan fingerprint density at radius 1 is 1.15 bits per heavy atom. The third-order valence-corrected chi connectivity index (χ3v) is 6.47. The van der Waals surface area contributed by atoms with Gasteiger partial charge in [-0.2, -0.15) is 0 Å². The van der Waals surface area contributed by atoms with Gasteiger partial charge >= 0.3 is 12.0 Å². The van der Waals surface area contributed by atoms with Crippen molar-refractivity contribution in [2.75, 3.05) is 25.5 Å². The number of piperidine rings is 1. The zero-order valence-electron chi connectivity index (χ0n) is 18.7. The Bertz CT molecular complexity index is 1030. The number of carbonyl (C=O) groups is 3. The maximum absolute atomic E-state index is 13.0. The second-order valence-electron chi connectivity index (χ2n) is 8.63. The number of nitrogens with zero attached hydrogens (tertiary/aromatic N) is 2. The number of para-hydroxylation sites is 1. The normalized spacial score (nSPS) is 17.2. The number of nitrogens with one attached hydrogen (secondary N) is 1. The number of carbonyl (C=O) groups excluding carboxylic acids is 3. The van der Waals surface area contributed by atoms with Crippen LogP contribution in [0.5, 0.6) is 5.75 Å². The zero-order valence-corrected chi connectivity index (χ0v) is 18.7. The predicted octanol–water partition coefficient (Wildman–Crippen LogP) is 3.15. The number of esters is 1. The Morgan fingerprint density at radius 2 is 1.91 bits per heavy atom. The molecule has 174 valence electrons. The van der Waals surface area contributed by atoms with Gasteiger partial charge in [-0.15, -0.1) is 0 Å². The number of methoxy groups -OCH3 is 1. The lowest BCUT2D eigenvalue weighted by atomic mass is 9.94. The van der Waals surface area contributed by atoms with Crippen LogP contribution in [0.4, 0.5) is 10.5 Å². The number of hydrogen-bond acceptors (Lipinski definition) is 5. The van der Waals surface area contributed by atoms with Crippen LogP contribution >= 0.6 is 0 Å². The molecule has 8 nitrogen and oxygen atoms in total. The van der Waals surface area contributed by atoms with Gasteiger partial charge in [0.2, 0.25) is 5.91 Å². The van der Waals surface area contributed by atoms with Crippen molar-refractivity contribution in [3.8, 4) is 5.75 Å². The highest BCUT2D eigenvalue weighted by Gasteiger charge is 2.33. The Hall–Kier alpha value is -3.55. The molecule has 2 aliphatic heterocycles. The van der Waals surface area contributed by atoms with Crippen LogP contribution in [0.3, 0.4) is 0 Å². The fourth-order valence-electron chi connectivity index (χ4n) is 4.66. The van der Waals surface area contributed by atoms with E-state index >= 15 is 0 Å². The van der Waals surface area contributed by atoms with Gasteiger partial charge in [-0.3, -0.25) is 9.59 Å². The van der Waals surface area contributed by atoms with Gasteiger partial charge in [-0.1, -0.05) is 30.3 Å². The Balaban J connectivity index is 1.34. The Labute approximate surface area is 193 Å². The van der Waals surface area contributed by atoms with E-state index in [2.05, 4.69) is 5.32 Å². The summed E-state index contributed by atoms with van der Waals surface area (Å²) in [7, 11) is 1.32. The molecular formula is C25H29N3O5. The summed E-state index contributed by atoms with van der Waals surface area (Å²) in [5.74, 6) is -1.04. The van der Waals surface area contributed by atoms with E-state index in [1.165, 1.54) is 7.11 Å². The number of anilines is 1. The minimum atomic E-state index is -0.619. The van der Waals surface area contributed by atoms with E-state index in [1.54, 1.807) is 23.1 Å². The smallest absolute Gasteiger partial charge is 0.322 e. The Morgan fingerprint density at radius 3 is 2.64 bits per heavy atom. The lowest BCUT2D eigenvalue weighted by Gasteiger charge is -2.40. The van der Waals surface area contributed by atoms with E-state index in [9.17, 15) is 19.5 Å². The topological polar surface area (TPSA) is 99.2 Å². The van der Waals surface area contributed by atoms with Crippen molar-refractivity contribution in [1.82, 2.24) is 9.80 Å². The van der Waals surface area contributed by atoms with Gasteiger partial charge in [0.05, 0.1) is 13.0 Å². The molecular weight excluding hydrogens is 422 g/mol. The summed E-state index contributed by atoms with van der Waals surface area (Å²) in [5.41, 5.74) is 2.71. The second kappa shape index (κ2) is 9.94. The van der Waals surface area contributed by atoms with Gasteiger partial charge in [0.15, 0.2) is 0 Å². The molecule has 2 heterocycles. The summed E-state index contributed by atoms with van der Waals surface area (Å²) in [6.45, 7) is 1.64. The number of rotatable bonds is 6. The summed E-state index contributed by atoms with van der Waals surface area (Å²) in [5, 5.41) is 12.6. The van der Waals surface area contributed by atoms with Crippen LogP contribution in [-0.2, 0) is 27.3 Å². The van der Waals surface area contributed by atoms with Crippen LogP contribution in [0.15, 0.2) is 48.5 Å². The molecule has 4 rings (SSSR count). The van der Waals surface area contributed by atoms with Gasteiger partial charge in [0.25, 0.3) is 0 Å². The van der Waals surface area contributed by atoms with Crippen LogP contribution in [0.2, 0.25) is 0 Å². The van der Waals surface area contributed by atoms with E-state index in [1.807, 2.05) is 35.2 Å². The first-order valence-corrected chi connectivity index (χ1v) is 11.2. The maximum atomic E-state index is 13.0. The number of phenolic OH excluding ortho intramolecular Hbond substituents is 1. The first kappa shape index (κ1) is 22.6. The summed E-state index contributed by atoms with van der Waals surface area (Å²) in [6.07, 6.45) is 1.74. The van der Waals surface area contributed by atoms with E-state index in [0.717, 1.165) is 16.8 Å². The van der Waals surface area contributed by atoms with Gasteiger partial charge in [0, 0.05) is 37.8 Å². The van der Waals surface area contributed by atoms with E-state index in [0.29, 0.717) is 38.9 Å². The average Bonchev–Trinajstić information content (AvgIpc) is 2.83. The standard InChI is InChI=1S/C25H29N3O5/c1-33-24(31)19(13-17-5-4-7-21(29)14-17)15-23(30)27-11-9-20(10-12-27)28-16-18-6-2-3-8-22(18)26-25(28)32/h2-8,14,19-20,29H,9-13,15-16H2,1H3,(H,26,32). The molecule has 1 unspecified atom stereocenters. The van der Waals surface area contributed by atoms with E-state index < -0.39 is 11.9 Å². The number of hydrogen-bond donors (Lipinski definition) is 2. The summed E-state index contributed by atoms with van der Waals surface area (Å²) < 4.78 is 4.92. The van der Waals surface area contributed by atoms with Gasteiger partial charge < -0.3 is 25.0 Å². The zero-order chi connectivity index (χ0) is 23.4. The highest BCUT2D eigenvalue weighted by Crippen LogP contribution is 2.28. The molecule has 2 N–H and O–H groups in total. The number of likely N-dealkylation sites (tertiary alicyclic amines) is 1. The quantitative estimate of drug-likeness (QED) is 0.658. The molecule has 0 radical (unpaired) electrons. The second-order valence-corrected chi connectivity index (χ2v) is 8.63. The number of aromatic hydroxyl groups is 1. The number of fused-ring (bicyclic) bond motifs is 1. The monoisotopic (exact) mass is 451 g/mol. The molecule has 2 aliphatic rings. The van der Waals surface area contributed by atoms with Crippen LogP contribution in [0, 0.1) is 5.92 Å². The van der Waals surface area contributed by atoms with Gasteiger partial charge in [0.1, 0.15) is 5.75 Å². The minimum absolute atomic E-state index is 0.0462. The molecule has 0 aliphatic carbocycles. The maximum Gasteiger partial charge on any atom is 0.322 e.